The second-order valence-electron chi connectivity index (χ2n) is 7.65. The number of aliphatic carboxylic acids is 1. The molecular formula is C22H38O4. The minimum atomic E-state index is -0.752. The SMILES string of the molecule is CCCCC(CC)C(O)C=C[C@H]1CC[C@H](O)[C@@H]1CC=CCCCC(=O)O. The van der Waals surface area contributed by atoms with Crippen molar-refractivity contribution < 1.29 is 20.1 Å². The van der Waals surface area contributed by atoms with Gasteiger partial charge in [0, 0.05) is 6.42 Å². The first-order valence-electron chi connectivity index (χ1n) is 10.4. The molecule has 1 aliphatic rings. The zero-order chi connectivity index (χ0) is 19.4. The van der Waals surface area contributed by atoms with Crippen molar-refractivity contribution in [3.05, 3.63) is 24.3 Å². The quantitative estimate of drug-likeness (QED) is 0.326. The van der Waals surface area contributed by atoms with Crippen LogP contribution in [-0.4, -0.2) is 33.5 Å². The van der Waals surface area contributed by atoms with E-state index in [1.54, 1.807) is 0 Å². The maximum absolute atomic E-state index is 10.5. The number of carbonyl (C=O) groups is 1. The highest BCUT2D eigenvalue weighted by atomic mass is 16.4. The molecule has 26 heavy (non-hydrogen) atoms. The number of hydrogen-bond acceptors (Lipinski definition) is 3. The Hall–Kier alpha value is -1.13. The van der Waals surface area contributed by atoms with Crippen molar-refractivity contribution >= 4 is 5.97 Å². The normalized spacial score (nSPS) is 25.9. The third kappa shape index (κ3) is 8.50. The number of carboxylic acid groups (broad SMARTS) is 1. The van der Waals surface area contributed by atoms with Crippen molar-refractivity contribution in [2.45, 2.75) is 90.3 Å². The van der Waals surface area contributed by atoms with Gasteiger partial charge in [0.1, 0.15) is 0 Å². The first-order chi connectivity index (χ1) is 12.5. The Balaban J connectivity index is 2.48. The van der Waals surface area contributed by atoms with Crippen LogP contribution in [0.15, 0.2) is 24.3 Å². The molecule has 0 aromatic carbocycles. The molecule has 0 spiro atoms. The average Bonchev–Trinajstić information content (AvgIpc) is 2.96. The van der Waals surface area contributed by atoms with Gasteiger partial charge in [-0.15, -0.1) is 0 Å². The highest BCUT2D eigenvalue weighted by Crippen LogP contribution is 2.36. The Morgan fingerprint density at radius 1 is 1.19 bits per heavy atom. The molecule has 0 radical (unpaired) electrons. The Kier molecular flexibility index (Phi) is 11.5. The predicted molar refractivity (Wildman–Crippen MR) is 106 cm³/mol. The zero-order valence-electron chi connectivity index (χ0n) is 16.5. The van der Waals surface area contributed by atoms with E-state index >= 15 is 0 Å². The van der Waals surface area contributed by atoms with Crippen molar-refractivity contribution in [3.8, 4) is 0 Å². The van der Waals surface area contributed by atoms with Gasteiger partial charge in [0.25, 0.3) is 0 Å². The van der Waals surface area contributed by atoms with Gasteiger partial charge in [-0.3, -0.25) is 4.79 Å². The molecule has 0 amide bonds. The molecule has 0 bridgehead atoms. The van der Waals surface area contributed by atoms with Crippen molar-refractivity contribution in [3.63, 3.8) is 0 Å². The lowest BCUT2D eigenvalue weighted by Gasteiger charge is -2.21. The highest BCUT2D eigenvalue weighted by molar-refractivity contribution is 5.66. The molecule has 150 valence electrons. The molecule has 4 heteroatoms. The third-order valence-electron chi connectivity index (χ3n) is 5.67. The van der Waals surface area contributed by atoms with Gasteiger partial charge < -0.3 is 15.3 Å². The fourth-order valence-corrected chi connectivity index (χ4v) is 3.89. The summed E-state index contributed by atoms with van der Waals surface area (Å²) in [5.41, 5.74) is 0. The van der Waals surface area contributed by atoms with Gasteiger partial charge >= 0.3 is 5.97 Å². The van der Waals surface area contributed by atoms with E-state index in [2.05, 4.69) is 26.0 Å². The van der Waals surface area contributed by atoms with E-state index in [-0.39, 0.29) is 18.4 Å². The number of carboxylic acids is 1. The van der Waals surface area contributed by atoms with Crippen molar-refractivity contribution in [2.24, 2.45) is 17.8 Å². The lowest BCUT2D eigenvalue weighted by molar-refractivity contribution is -0.137. The van der Waals surface area contributed by atoms with Gasteiger partial charge in [-0.05, 0) is 56.3 Å². The van der Waals surface area contributed by atoms with Crippen LogP contribution in [0.25, 0.3) is 0 Å². The molecule has 2 unspecified atom stereocenters. The van der Waals surface area contributed by atoms with Crippen LogP contribution in [-0.2, 0) is 4.79 Å². The minimum Gasteiger partial charge on any atom is -0.481 e. The van der Waals surface area contributed by atoms with Crippen LogP contribution in [0.1, 0.15) is 78.1 Å². The van der Waals surface area contributed by atoms with Gasteiger partial charge in [0.15, 0.2) is 0 Å². The number of hydrogen-bond donors (Lipinski definition) is 3. The van der Waals surface area contributed by atoms with Crippen LogP contribution in [0.3, 0.4) is 0 Å². The summed E-state index contributed by atoms with van der Waals surface area (Å²) < 4.78 is 0. The molecule has 1 aliphatic carbocycles. The Labute approximate surface area is 159 Å². The van der Waals surface area contributed by atoms with E-state index in [0.717, 1.165) is 51.4 Å². The average molecular weight is 367 g/mol. The van der Waals surface area contributed by atoms with Gasteiger partial charge in [-0.1, -0.05) is 57.4 Å². The van der Waals surface area contributed by atoms with Crippen LogP contribution in [0.5, 0.6) is 0 Å². The van der Waals surface area contributed by atoms with Crippen LogP contribution in [0.4, 0.5) is 0 Å². The second-order valence-corrected chi connectivity index (χ2v) is 7.65. The number of allylic oxidation sites excluding steroid dienone is 3. The molecule has 1 rings (SSSR count). The molecule has 4 nitrogen and oxygen atoms in total. The number of aliphatic hydroxyl groups is 2. The van der Waals surface area contributed by atoms with E-state index in [9.17, 15) is 15.0 Å². The first kappa shape index (κ1) is 22.9. The van der Waals surface area contributed by atoms with Crippen molar-refractivity contribution in [2.75, 3.05) is 0 Å². The summed E-state index contributed by atoms with van der Waals surface area (Å²) in [5, 5.41) is 29.4. The Bertz CT molecular complexity index is 443. The highest BCUT2D eigenvalue weighted by Gasteiger charge is 2.32. The van der Waals surface area contributed by atoms with E-state index in [0.29, 0.717) is 18.3 Å². The fourth-order valence-electron chi connectivity index (χ4n) is 3.89. The van der Waals surface area contributed by atoms with Crippen LogP contribution < -0.4 is 0 Å². The van der Waals surface area contributed by atoms with Crippen molar-refractivity contribution in [1.29, 1.82) is 0 Å². The zero-order valence-corrected chi connectivity index (χ0v) is 16.5. The molecule has 1 saturated carbocycles. The molecule has 5 atom stereocenters. The number of unbranched alkanes of at least 4 members (excludes halogenated alkanes) is 2. The maximum atomic E-state index is 10.5. The summed E-state index contributed by atoms with van der Waals surface area (Å²) in [6.45, 7) is 4.31. The molecular weight excluding hydrogens is 328 g/mol. The summed E-state index contributed by atoms with van der Waals surface area (Å²) in [4.78, 5) is 10.5. The van der Waals surface area contributed by atoms with Gasteiger partial charge in [0.2, 0.25) is 0 Å². The summed E-state index contributed by atoms with van der Waals surface area (Å²) in [5.74, 6) is 0.0831. The van der Waals surface area contributed by atoms with E-state index in [1.807, 2.05) is 12.2 Å². The fraction of sp³-hybridized carbons (Fsp3) is 0.773. The topological polar surface area (TPSA) is 77.8 Å². The molecule has 0 saturated heterocycles. The summed E-state index contributed by atoms with van der Waals surface area (Å²) in [6, 6.07) is 0. The minimum absolute atomic E-state index is 0.199. The van der Waals surface area contributed by atoms with Crippen molar-refractivity contribution in [1.82, 2.24) is 0 Å². The predicted octanol–water partition coefficient (Wildman–Crippen LogP) is 4.71. The number of rotatable bonds is 13. The maximum Gasteiger partial charge on any atom is 0.303 e. The molecule has 0 aromatic heterocycles. The second kappa shape index (κ2) is 13.1. The Morgan fingerprint density at radius 2 is 1.96 bits per heavy atom. The summed E-state index contributed by atoms with van der Waals surface area (Å²) >= 11 is 0. The monoisotopic (exact) mass is 366 g/mol. The van der Waals surface area contributed by atoms with Gasteiger partial charge in [-0.2, -0.15) is 0 Å². The van der Waals surface area contributed by atoms with E-state index < -0.39 is 12.1 Å². The lowest BCUT2D eigenvalue weighted by Crippen LogP contribution is -2.20. The van der Waals surface area contributed by atoms with E-state index in [1.165, 1.54) is 0 Å². The molecule has 1 fully saturated rings. The molecule has 0 aliphatic heterocycles. The van der Waals surface area contributed by atoms with Gasteiger partial charge in [0.05, 0.1) is 12.2 Å². The van der Waals surface area contributed by atoms with Crippen LogP contribution >= 0.6 is 0 Å². The van der Waals surface area contributed by atoms with Gasteiger partial charge in [-0.25, -0.2) is 0 Å². The number of aliphatic hydroxyl groups excluding tert-OH is 2. The molecule has 0 aromatic rings. The first-order valence-corrected chi connectivity index (χ1v) is 10.4. The summed E-state index contributed by atoms with van der Waals surface area (Å²) in [6.07, 6.45) is 16.1. The third-order valence-corrected chi connectivity index (χ3v) is 5.67. The molecule has 0 heterocycles. The standard InChI is InChI=1S/C22H38O4/c1-3-5-10-17(4-2)20(23)15-13-18-14-16-21(24)19(18)11-8-6-7-9-12-22(25)26/h6,8,13,15,17-21,23-24H,3-5,7,9-12,14,16H2,1-2H3,(H,25,26)/t17?,18-,19+,20?,21-/m0/s1. The largest absolute Gasteiger partial charge is 0.481 e. The molecule has 3 N–H and O–H groups in total. The van der Waals surface area contributed by atoms with E-state index in [4.69, 9.17) is 5.11 Å². The van der Waals surface area contributed by atoms with Crippen LogP contribution in [0.2, 0.25) is 0 Å². The Morgan fingerprint density at radius 3 is 2.62 bits per heavy atom. The smallest absolute Gasteiger partial charge is 0.303 e. The lowest BCUT2D eigenvalue weighted by atomic mass is 9.88. The summed E-state index contributed by atoms with van der Waals surface area (Å²) in [7, 11) is 0. The van der Waals surface area contributed by atoms with Crippen LogP contribution in [0, 0.1) is 17.8 Å².